The zero-order valence-electron chi connectivity index (χ0n) is 22.2. The standard InChI is InChI=1S/C26H32F3N5O5.ClH/c1-32(2)22(35)13-21-20-12-19(39-9-6-18-14-33-8-3-7-30-25(33)31-18)5-4-16(20)10-17(11-23(36)37)24(38)34(21)15-26(27,28)29;/h4-5,12,14,17,21H,3,6-11,13,15H2,1-2H3,(H,30,31)(H,36,37);1H/t17-,21?;/m0./s1. The van der Waals surface area contributed by atoms with Crippen LogP contribution in [0.15, 0.2) is 24.4 Å². The smallest absolute Gasteiger partial charge is 0.406 e. The predicted octanol–water partition coefficient (Wildman–Crippen LogP) is 3.30. The zero-order chi connectivity index (χ0) is 28.3. The molecule has 0 fully saturated rings. The van der Waals surface area contributed by atoms with Crippen molar-refractivity contribution in [2.24, 2.45) is 5.92 Å². The molecule has 1 aromatic carbocycles. The number of carbonyl (C=O) groups is 3. The van der Waals surface area contributed by atoms with Crippen molar-refractivity contribution in [3.8, 4) is 5.75 Å². The summed E-state index contributed by atoms with van der Waals surface area (Å²) < 4.78 is 48.8. The van der Waals surface area contributed by atoms with Gasteiger partial charge in [-0.3, -0.25) is 14.4 Å². The van der Waals surface area contributed by atoms with Crippen molar-refractivity contribution in [3.05, 3.63) is 41.2 Å². The third-order valence-corrected chi connectivity index (χ3v) is 6.90. The Kier molecular flexibility index (Phi) is 9.93. The van der Waals surface area contributed by atoms with E-state index in [1.165, 1.54) is 19.0 Å². The third-order valence-electron chi connectivity index (χ3n) is 6.90. The number of hydrogen-bond donors (Lipinski definition) is 2. The number of aromatic nitrogens is 2. The minimum Gasteiger partial charge on any atom is -0.493 e. The number of benzene rings is 1. The number of anilines is 1. The second-order valence-electron chi connectivity index (χ2n) is 10.1. The van der Waals surface area contributed by atoms with Gasteiger partial charge in [0.25, 0.3) is 0 Å². The van der Waals surface area contributed by atoms with Gasteiger partial charge in [0.1, 0.15) is 12.3 Å². The molecule has 4 rings (SSSR count). The van der Waals surface area contributed by atoms with E-state index in [-0.39, 0.29) is 25.4 Å². The predicted molar refractivity (Wildman–Crippen MR) is 141 cm³/mol. The van der Waals surface area contributed by atoms with E-state index in [2.05, 4.69) is 10.3 Å². The van der Waals surface area contributed by atoms with Crippen LogP contribution in [0, 0.1) is 5.92 Å². The summed E-state index contributed by atoms with van der Waals surface area (Å²) >= 11 is 0. The Bertz CT molecular complexity index is 1210. The maximum Gasteiger partial charge on any atom is 0.406 e. The van der Waals surface area contributed by atoms with Crippen LogP contribution in [0.2, 0.25) is 0 Å². The number of carboxylic acids is 1. The summed E-state index contributed by atoms with van der Waals surface area (Å²) in [4.78, 5) is 43.8. The van der Waals surface area contributed by atoms with Crippen LogP contribution in [0.4, 0.5) is 19.1 Å². The summed E-state index contributed by atoms with van der Waals surface area (Å²) in [5.41, 5.74) is 1.69. The number of fused-ring (bicyclic) bond motifs is 2. The maximum absolute atomic E-state index is 13.6. The van der Waals surface area contributed by atoms with Crippen LogP contribution < -0.4 is 10.1 Å². The Labute approximate surface area is 235 Å². The van der Waals surface area contributed by atoms with Crippen molar-refractivity contribution in [2.45, 2.75) is 50.9 Å². The van der Waals surface area contributed by atoms with Crippen molar-refractivity contribution >= 4 is 36.1 Å². The monoisotopic (exact) mass is 587 g/mol. The highest BCUT2D eigenvalue weighted by molar-refractivity contribution is 5.86. The molecule has 2 N–H and O–H groups in total. The topological polar surface area (TPSA) is 117 Å². The van der Waals surface area contributed by atoms with Gasteiger partial charge < -0.3 is 29.5 Å². The van der Waals surface area contributed by atoms with Crippen molar-refractivity contribution in [1.82, 2.24) is 19.4 Å². The van der Waals surface area contributed by atoms with Gasteiger partial charge in [0.2, 0.25) is 17.8 Å². The largest absolute Gasteiger partial charge is 0.493 e. The first-order valence-corrected chi connectivity index (χ1v) is 12.8. The van der Waals surface area contributed by atoms with Crippen molar-refractivity contribution in [1.29, 1.82) is 0 Å². The minimum absolute atomic E-state index is 0. The molecular formula is C26H33ClF3N5O5. The lowest BCUT2D eigenvalue weighted by molar-refractivity contribution is -0.170. The van der Waals surface area contributed by atoms with Gasteiger partial charge in [-0.15, -0.1) is 12.4 Å². The number of amides is 2. The molecule has 0 saturated carbocycles. The van der Waals surface area contributed by atoms with E-state index in [1.54, 1.807) is 18.2 Å². The Hall–Kier alpha value is -3.48. The highest BCUT2D eigenvalue weighted by Gasteiger charge is 2.43. The van der Waals surface area contributed by atoms with Crippen LogP contribution in [0.1, 0.15) is 42.1 Å². The normalized spacial score (nSPS) is 18.5. The number of imidazole rings is 1. The number of halogens is 4. The van der Waals surface area contributed by atoms with E-state index in [0.29, 0.717) is 28.2 Å². The van der Waals surface area contributed by atoms with E-state index in [0.717, 1.165) is 31.2 Å². The number of aryl methyl sites for hydroxylation is 1. The van der Waals surface area contributed by atoms with E-state index < -0.39 is 55.3 Å². The first-order valence-electron chi connectivity index (χ1n) is 12.8. The van der Waals surface area contributed by atoms with Gasteiger partial charge in [-0.1, -0.05) is 6.07 Å². The van der Waals surface area contributed by atoms with Gasteiger partial charge in [0, 0.05) is 39.8 Å². The molecule has 1 aromatic heterocycles. The first kappa shape index (κ1) is 31.1. The van der Waals surface area contributed by atoms with Gasteiger partial charge in [0.05, 0.1) is 37.1 Å². The van der Waals surface area contributed by atoms with Crippen LogP contribution in [0.5, 0.6) is 5.75 Å². The summed E-state index contributed by atoms with van der Waals surface area (Å²) in [6.45, 7) is 0.394. The van der Waals surface area contributed by atoms with E-state index in [9.17, 15) is 32.7 Å². The van der Waals surface area contributed by atoms with Crippen molar-refractivity contribution in [2.75, 3.05) is 39.1 Å². The lowest BCUT2D eigenvalue weighted by Crippen LogP contribution is -2.45. The van der Waals surface area contributed by atoms with E-state index >= 15 is 0 Å². The molecular weight excluding hydrogens is 555 g/mol. The molecule has 0 bridgehead atoms. The highest BCUT2D eigenvalue weighted by Crippen LogP contribution is 2.39. The molecule has 2 aliphatic heterocycles. The fraction of sp³-hybridized carbons (Fsp3) is 0.538. The number of rotatable bonds is 9. The molecule has 14 heteroatoms. The molecule has 0 radical (unpaired) electrons. The lowest BCUT2D eigenvalue weighted by Gasteiger charge is -2.33. The average Bonchev–Trinajstić information content (AvgIpc) is 3.24. The molecule has 2 aromatic rings. The summed E-state index contributed by atoms with van der Waals surface area (Å²) in [6, 6.07) is 3.60. The molecule has 2 amide bonds. The molecule has 2 atom stereocenters. The van der Waals surface area contributed by atoms with Crippen molar-refractivity contribution in [3.63, 3.8) is 0 Å². The molecule has 0 spiro atoms. The molecule has 10 nitrogen and oxygen atoms in total. The van der Waals surface area contributed by atoms with E-state index in [4.69, 9.17) is 4.74 Å². The van der Waals surface area contributed by atoms with Crippen molar-refractivity contribution < 1.29 is 37.4 Å². The number of carboxylic acid groups (broad SMARTS) is 1. The number of aliphatic carboxylic acids is 1. The second-order valence-corrected chi connectivity index (χ2v) is 10.1. The minimum atomic E-state index is -4.75. The van der Waals surface area contributed by atoms with Gasteiger partial charge in [-0.05, 0) is 36.1 Å². The van der Waals surface area contributed by atoms with Gasteiger partial charge >= 0.3 is 12.1 Å². The Morgan fingerprint density at radius 3 is 2.65 bits per heavy atom. The van der Waals surface area contributed by atoms with Crippen LogP contribution in [0.3, 0.4) is 0 Å². The molecule has 220 valence electrons. The quantitative estimate of drug-likeness (QED) is 0.462. The lowest BCUT2D eigenvalue weighted by atomic mass is 9.92. The Morgan fingerprint density at radius 2 is 2.00 bits per heavy atom. The summed E-state index contributed by atoms with van der Waals surface area (Å²) in [7, 11) is 2.96. The molecule has 1 unspecified atom stereocenters. The third kappa shape index (κ3) is 7.58. The molecule has 0 aliphatic carbocycles. The number of hydrogen-bond acceptors (Lipinski definition) is 6. The van der Waals surface area contributed by atoms with Gasteiger partial charge in [0.15, 0.2) is 0 Å². The molecule has 3 heterocycles. The summed E-state index contributed by atoms with van der Waals surface area (Å²) in [6.07, 6.45) is -2.36. The van der Waals surface area contributed by atoms with E-state index in [1.807, 2.05) is 10.8 Å². The average molecular weight is 588 g/mol. The zero-order valence-corrected chi connectivity index (χ0v) is 23.1. The maximum atomic E-state index is 13.6. The molecule has 0 saturated heterocycles. The Balaban J connectivity index is 0.00000441. The first-order chi connectivity index (χ1) is 18.4. The summed E-state index contributed by atoms with van der Waals surface area (Å²) in [5.74, 6) is -2.72. The Morgan fingerprint density at radius 1 is 1.25 bits per heavy atom. The van der Waals surface area contributed by atoms with Crippen LogP contribution >= 0.6 is 12.4 Å². The number of ether oxygens (including phenoxy) is 1. The fourth-order valence-corrected chi connectivity index (χ4v) is 5.01. The number of carbonyl (C=O) groups excluding carboxylic acids is 2. The second kappa shape index (κ2) is 12.8. The SMILES string of the molecule is CN(C)C(=O)CC1c2cc(OCCc3cn4c(n3)NCCC4)ccc2C[C@@H](CC(=O)O)C(=O)N1CC(F)(F)F.Cl. The highest BCUT2D eigenvalue weighted by atomic mass is 35.5. The van der Waals surface area contributed by atoms with Crippen LogP contribution in [-0.4, -0.2) is 82.2 Å². The number of nitrogens with one attached hydrogen (secondary N) is 1. The van der Waals surface area contributed by atoms with Gasteiger partial charge in [-0.25, -0.2) is 4.98 Å². The molecule has 2 aliphatic rings. The number of nitrogens with zero attached hydrogens (tertiary/aromatic N) is 4. The van der Waals surface area contributed by atoms with Crippen LogP contribution in [0.25, 0.3) is 0 Å². The summed E-state index contributed by atoms with van der Waals surface area (Å²) in [5, 5.41) is 12.6. The van der Waals surface area contributed by atoms with Gasteiger partial charge in [-0.2, -0.15) is 13.2 Å². The number of alkyl halides is 3. The van der Waals surface area contributed by atoms with Crippen LogP contribution in [-0.2, 0) is 33.8 Å². The fourth-order valence-electron chi connectivity index (χ4n) is 5.01. The molecule has 40 heavy (non-hydrogen) atoms.